The summed E-state index contributed by atoms with van der Waals surface area (Å²) in [5, 5.41) is 14.3. The number of rotatable bonds is 8. The van der Waals surface area contributed by atoms with Gasteiger partial charge in [-0.05, 0) is 59.0 Å². The van der Waals surface area contributed by atoms with Crippen LogP contribution >= 0.6 is 0 Å². The Hall–Kier alpha value is -1.40. The minimum atomic E-state index is -0.139. The molecular weight excluding hydrogens is 338 g/mol. The van der Waals surface area contributed by atoms with Crippen LogP contribution in [0.2, 0.25) is 0 Å². The molecule has 1 amide bonds. The topological polar surface area (TPSA) is 73.1 Å². The van der Waals surface area contributed by atoms with Crippen molar-refractivity contribution in [3.63, 3.8) is 0 Å². The molecule has 2 aliphatic rings. The number of H-pyrrole nitrogens is 1. The van der Waals surface area contributed by atoms with Crippen LogP contribution in [0.5, 0.6) is 0 Å². The molecule has 152 valence electrons. The number of aromatic nitrogens is 2. The van der Waals surface area contributed by atoms with E-state index in [1.54, 1.807) is 0 Å². The van der Waals surface area contributed by atoms with Crippen LogP contribution in [0.1, 0.15) is 76.0 Å². The first-order chi connectivity index (χ1) is 13.0. The lowest BCUT2D eigenvalue weighted by molar-refractivity contribution is -0.128. The average Bonchev–Trinajstić information content (AvgIpc) is 3.23. The monoisotopic (exact) mass is 375 g/mol. The highest BCUT2D eigenvalue weighted by Crippen LogP contribution is 2.49. The third kappa shape index (κ3) is 4.06. The molecule has 0 unspecified atom stereocenters. The van der Waals surface area contributed by atoms with Gasteiger partial charge in [0.2, 0.25) is 5.91 Å². The van der Waals surface area contributed by atoms with Gasteiger partial charge >= 0.3 is 0 Å². The Balaban J connectivity index is 1.62. The SMILES string of the molecule is CCC1(CC)CC2(CCC(c3n[nH]cc3CN(C)CCNC)CC2)NC1=O. The fourth-order valence-corrected chi connectivity index (χ4v) is 5.19. The van der Waals surface area contributed by atoms with E-state index in [9.17, 15) is 4.79 Å². The Labute approximate surface area is 163 Å². The maximum absolute atomic E-state index is 12.7. The number of hydrogen-bond acceptors (Lipinski definition) is 4. The molecule has 3 rings (SSSR count). The molecule has 0 aromatic carbocycles. The molecule has 1 aromatic heterocycles. The van der Waals surface area contributed by atoms with Gasteiger partial charge in [0, 0.05) is 42.9 Å². The van der Waals surface area contributed by atoms with Gasteiger partial charge in [-0.3, -0.25) is 9.89 Å². The number of hydrogen-bond donors (Lipinski definition) is 3. The minimum Gasteiger partial charge on any atom is -0.350 e. The molecule has 1 aromatic rings. The van der Waals surface area contributed by atoms with Crippen LogP contribution in [-0.4, -0.2) is 53.7 Å². The van der Waals surface area contributed by atoms with E-state index in [-0.39, 0.29) is 16.9 Å². The second-order valence-electron chi connectivity index (χ2n) is 8.81. The van der Waals surface area contributed by atoms with E-state index in [4.69, 9.17) is 0 Å². The van der Waals surface area contributed by atoms with E-state index in [1.165, 1.54) is 11.3 Å². The van der Waals surface area contributed by atoms with E-state index in [0.29, 0.717) is 5.92 Å². The second-order valence-corrected chi connectivity index (χ2v) is 8.81. The fraction of sp³-hybridized carbons (Fsp3) is 0.810. The molecular formula is C21H37N5O. The van der Waals surface area contributed by atoms with Crippen molar-refractivity contribution in [3.8, 4) is 0 Å². The zero-order valence-electron chi connectivity index (χ0n) is 17.5. The highest BCUT2D eigenvalue weighted by Gasteiger charge is 2.53. The number of carbonyl (C=O) groups excluding carboxylic acids is 1. The standard InChI is InChI=1S/C21H37N5O/c1-5-20(6-2)15-21(24-19(20)27)9-7-16(8-10-21)18-17(13-23-25-18)14-26(4)12-11-22-3/h13,16,22H,5-12,14-15H2,1-4H3,(H,23,25)(H,24,27). The molecule has 0 bridgehead atoms. The molecule has 0 atom stereocenters. The smallest absolute Gasteiger partial charge is 0.226 e. The molecule has 6 nitrogen and oxygen atoms in total. The molecule has 1 spiro atoms. The van der Waals surface area contributed by atoms with Crippen LogP contribution in [0.25, 0.3) is 0 Å². The third-order valence-electron chi connectivity index (χ3n) is 7.16. The summed E-state index contributed by atoms with van der Waals surface area (Å²) in [5.74, 6) is 0.794. The molecule has 1 aliphatic carbocycles. The summed E-state index contributed by atoms with van der Waals surface area (Å²) in [4.78, 5) is 15.0. The van der Waals surface area contributed by atoms with Crippen molar-refractivity contribution >= 4 is 5.91 Å². The van der Waals surface area contributed by atoms with Crippen LogP contribution in [-0.2, 0) is 11.3 Å². The van der Waals surface area contributed by atoms with Gasteiger partial charge in [-0.1, -0.05) is 13.8 Å². The summed E-state index contributed by atoms with van der Waals surface area (Å²) < 4.78 is 0. The van der Waals surface area contributed by atoms with E-state index in [1.807, 2.05) is 7.05 Å². The van der Waals surface area contributed by atoms with E-state index in [2.05, 4.69) is 52.8 Å². The van der Waals surface area contributed by atoms with Crippen molar-refractivity contribution in [1.82, 2.24) is 25.7 Å². The number of amides is 1. The molecule has 3 N–H and O–H groups in total. The van der Waals surface area contributed by atoms with E-state index in [0.717, 1.165) is 64.6 Å². The predicted molar refractivity (Wildman–Crippen MR) is 109 cm³/mol. The maximum atomic E-state index is 12.7. The Morgan fingerprint density at radius 3 is 2.59 bits per heavy atom. The van der Waals surface area contributed by atoms with Crippen molar-refractivity contribution in [2.24, 2.45) is 5.41 Å². The first-order valence-electron chi connectivity index (χ1n) is 10.7. The summed E-state index contributed by atoms with van der Waals surface area (Å²) >= 11 is 0. The van der Waals surface area contributed by atoms with Crippen LogP contribution < -0.4 is 10.6 Å². The van der Waals surface area contributed by atoms with Gasteiger partial charge in [0.15, 0.2) is 0 Å². The van der Waals surface area contributed by atoms with E-state index >= 15 is 0 Å². The highest BCUT2D eigenvalue weighted by atomic mass is 16.2. The van der Waals surface area contributed by atoms with Gasteiger partial charge in [0.1, 0.15) is 0 Å². The van der Waals surface area contributed by atoms with Crippen LogP contribution in [0.3, 0.4) is 0 Å². The van der Waals surface area contributed by atoms with Crippen LogP contribution in [0.4, 0.5) is 0 Å². The predicted octanol–water partition coefficient (Wildman–Crippen LogP) is 2.78. The van der Waals surface area contributed by atoms with Crippen molar-refractivity contribution in [1.29, 1.82) is 0 Å². The first kappa shape index (κ1) is 20.3. The number of likely N-dealkylation sites (N-methyl/N-ethyl adjacent to an activating group) is 2. The first-order valence-corrected chi connectivity index (χ1v) is 10.7. The third-order valence-corrected chi connectivity index (χ3v) is 7.16. The molecule has 0 radical (unpaired) electrons. The van der Waals surface area contributed by atoms with Gasteiger partial charge in [0.25, 0.3) is 0 Å². The van der Waals surface area contributed by atoms with Crippen molar-refractivity contribution in [2.75, 3.05) is 27.2 Å². The Morgan fingerprint density at radius 1 is 1.30 bits per heavy atom. The van der Waals surface area contributed by atoms with Crippen LogP contribution in [0.15, 0.2) is 6.20 Å². The number of nitrogens with one attached hydrogen (secondary N) is 3. The Bertz CT molecular complexity index is 628. The normalized spacial score (nSPS) is 27.4. The molecule has 2 fully saturated rings. The second kappa shape index (κ2) is 8.31. The average molecular weight is 376 g/mol. The number of carbonyl (C=O) groups is 1. The van der Waals surface area contributed by atoms with Gasteiger partial charge in [-0.15, -0.1) is 0 Å². The zero-order valence-corrected chi connectivity index (χ0v) is 17.5. The summed E-state index contributed by atoms with van der Waals surface area (Å²) in [5.41, 5.74) is 2.45. The lowest BCUT2D eigenvalue weighted by Gasteiger charge is -2.38. The maximum Gasteiger partial charge on any atom is 0.226 e. The fourth-order valence-electron chi connectivity index (χ4n) is 5.19. The van der Waals surface area contributed by atoms with Crippen molar-refractivity contribution in [2.45, 2.75) is 76.8 Å². The van der Waals surface area contributed by atoms with Gasteiger partial charge in [0.05, 0.1) is 11.1 Å². The van der Waals surface area contributed by atoms with Gasteiger partial charge < -0.3 is 15.5 Å². The molecule has 1 aliphatic heterocycles. The quantitative estimate of drug-likeness (QED) is 0.653. The lowest BCUT2D eigenvalue weighted by atomic mass is 9.69. The molecule has 27 heavy (non-hydrogen) atoms. The molecule has 2 heterocycles. The molecule has 1 saturated heterocycles. The number of nitrogens with zero attached hydrogens (tertiary/aromatic N) is 2. The Kier molecular flexibility index (Phi) is 6.26. The van der Waals surface area contributed by atoms with E-state index < -0.39 is 0 Å². The summed E-state index contributed by atoms with van der Waals surface area (Å²) in [6.45, 7) is 7.27. The number of aromatic amines is 1. The minimum absolute atomic E-state index is 0.0274. The lowest BCUT2D eigenvalue weighted by Crippen LogP contribution is -2.44. The summed E-state index contributed by atoms with van der Waals surface area (Å²) in [6, 6.07) is 0. The van der Waals surface area contributed by atoms with Gasteiger partial charge in [-0.2, -0.15) is 5.10 Å². The molecule has 6 heteroatoms. The molecule has 1 saturated carbocycles. The van der Waals surface area contributed by atoms with Crippen molar-refractivity contribution < 1.29 is 4.79 Å². The van der Waals surface area contributed by atoms with Crippen molar-refractivity contribution in [3.05, 3.63) is 17.5 Å². The van der Waals surface area contributed by atoms with Gasteiger partial charge in [-0.25, -0.2) is 0 Å². The summed E-state index contributed by atoms with van der Waals surface area (Å²) in [7, 11) is 4.15. The largest absolute Gasteiger partial charge is 0.350 e. The Morgan fingerprint density at radius 2 is 2.00 bits per heavy atom. The highest BCUT2D eigenvalue weighted by molar-refractivity contribution is 5.86. The van der Waals surface area contributed by atoms with Crippen LogP contribution in [0, 0.1) is 5.41 Å². The zero-order chi connectivity index (χ0) is 19.5. The summed E-state index contributed by atoms with van der Waals surface area (Å²) in [6.07, 6.45) is 9.35.